The molecule has 0 aliphatic heterocycles. The van der Waals surface area contributed by atoms with Crippen molar-refractivity contribution in [1.29, 1.82) is 0 Å². The number of fused-ring (bicyclic) bond motifs is 3. The Hall–Kier alpha value is -2.08. The quantitative estimate of drug-likeness (QED) is 0.298. The van der Waals surface area contributed by atoms with Crippen molar-refractivity contribution in [3.05, 3.63) is 81.4 Å². The lowest BCUT2D eigenvalue weighted by Gasteiger charge is -2.57. The lowest BCUT2D eigenvalue weighted by molar-refractivity contribution is -0.00534. The van der Waals surface area contributed by atoms with E-state index in [9.17, 15) is 0 Å². The summed E-state index contributed by atoms with van der Waals surface area (Å²) in [6.07, 6.45) is 24.5. The van der Waals surface area contributed by atoms with Crippen LogP contribution in [0.15, 0.2) is 59.2 Å². The summed E-state index contributed by atoms with van der Waals surface area (Å²) in [6, 6.07) is 16.5. The number of allylic oxidation sites excluding steroid dienone is 4. The summed E-state index contributed by atoms with van der Waals surface area (Å²) < 4.78 is 0. The zero-order chi connectivity index (χ0) is 33.9. The molecule has 2 aromatic carbocycles. The second kappa shape index (κ2) is 10.3. The molecule has 50 heavy (non-hydrogen) atoms. The monoisotopic (exact) mass is 665 g/mol. The SMILES string of the molecule is CCC1(C2c3ccc(C45CC6CC(CC(C6)C4)C5)cc3-c3cc(C45CC6CC(CC(C6)C4)C5)ccc32)CC(C(C)C)C2=C1C=C(C(C)(C)C)C2. The average Bonchev–Trinajstić information content (AvgIpc) is 3.73. The van der Waals surface area contributed by atoms with Crippen molar-refractivity contribution in [1.82, 2.24) is 0 Å². The molecular formula is C50H64. The van der Waals surface area contributed by atoms with Crippen molar-refractivity contribution in [3.8, 4) is 11.1 Å². The van der Waals surface area contributed by atoms with Crippen molar-refractivity contribution >= 4 is 0 Å². The summed E-state index contributed by atoms with van der Waals surface area (Å²) in [6.45, 7) is 15.0. The Balaban J connectivity index is 1.09. The van der Waals surface area contributed by atoms with Gasteiger partial charge in [0.2, 0.25) is 0 Å². The van der Waals surface area contributed by atoms with Crippen LogP contribution in [-0.4, -0.2) is 0 Å². The third kappa shape index (κ3) is 4.23. The van der Waals surface area contributed by atoms with Gasteiger partial charge in [0.15, 0.2) is 0 Å². The Labute approximate surface area is 304 Å². The van der Waals surface area contributed by atoms with Crippen molar-refractivity contribution in [2.24, 2.45) is 58.2 Å². The van der Waals surface area contributed by atoms with Gasteiger partial charge in [-0.2, -0.15) is 0 Å². The first-order valence-corrected chi connectivity index (χ1v) is 21.7. The maximum Gasteiger partial charge on any atom is 0.0199 e. The molecule has 8 fully saturated rings. The lowest BCUT2D eigenvalue weighted by atomic mass is 9.48. The van der Waals surface area contributed by atoms with Gasteiger partial charge in [0.25, 0.3) is 0 Å². The molecule has 0 heterocycles. The normalized spacial score (nSPS) is 43.2. The van der Waals surface area contributed by atoms with Crippen molar-refractivity contribution in [3.63, 3.8) is 0 Å². The van der Waals surface area contributed by atoms with E-state index in [0.717, 1.165) is 35.5 Å². The van der Waals surface area contributed by atoms with E-state index in [4.69, 9.17) is 0 Å². The van der Waals surface area contributed by atoms with Gasteiger partial charge in [-0.3, -0.25) is 0 Å². The third-order valence-corrected chi connectivity index (χ3v) is 17.9. The van der Waals surface area contributed by atoms with Gasteiger partial charge in [0.05, 0.1) is 0 Å². The molecule has 0 aromatic heterocycles. The van der Waals surface area contributed by atoms with Gasteiger partial charge in [0.1, 0.15) is 0 Å². The highest BCUT2D eigenvalue weighted by molar-refractivity contribution is 5.82. The van der Waals surface area contributed by atoms with Crippen LogP contribution >= 0.6 is 0 Å². The van der Waals surface area contributed by atoms with E-state index in [1.165, 1.54) is 96.3 Å². The van der Waals surface area contributed by atoms with Crippen LogP contribution in [0.3, 0.4) is 0 Å². The molecule has 0 amide bonds. The van der Waals surface area contributed by atoms with Crippen LogP contribution in [0.1, 0.15) is 166 Å². The van der Waals surface area contributed by atoms with Gasteiger partial charge in [-0.05, 0) is 199 Å². The molecule has 2 unspecified atom stereocenters. The number of hydrogen-bond acceptors (Lipinski definition) is 0. The molecule has 2 aromatic rings. The van der Waals surface area contributed by atoms with E-state index >= 15 is 0 Å². The summed E-state index contributed by atoms with van der Waals surface area (Å²) in [7, 11) is 0. The average molecular weight is 665 g/mol. The smallest absolute Gasteiger partial charge is 0.0199 e. The van der Waals surface area contributed by atoms with E-state index in [1.54, 1.807) is 44.5 Å². The zero-order valence-corrected chi connectivity index (χ0v) is 32.3. The Morgan fingerprint density at radius 2 is 1.08 bits per heavy atom. The maximum absolute atomic E-state index is 2.84. The minimum atomic E-state index is 0.182. The van der Waals surface area contributed by atoms with Gasteiger partial charge in [-0.1, -0.05) is 95.2 Å². The first kappa shape index (κ1) is 31.4. The van der Waals surface area contributed by atoms with E-state index in [2.05, 4.69) is 84.0 Å². The zero-order valence-electron chi connectivity index (χ0n) is 32.3. The minimum Gasteiger partial charge on any atom is -0.0645 e. The summed E-state index contributed by atoms with van der Waals surface area (Å²) in [5, 5.41) is 0. The maximum atomic E-state index is 2.84. The van der Waals surface area contributed by atoms with Crippen molar-refractivity contribution in [2.45, 2.75) is 155 Å². The molecule has 8 saturated carbocycles. The van der Waals surface area contributed by atoms with Crippen LogP contribution in [0.5, 0.6) is 0 Å². The number of rotatable bonds is 5. The number of hydrogen-bond donors (Lipinski definition) is 0. The summed E-state index contributed by atoms with van der Waals surface area (Å²) in [4.78, 5) is 0. The Morgan fingerprint density at radius 3 is 1.46 bits per heavy atom. The molecule has 13 rings (SSSR count). The molecule has 11 aliphatic rings. The first-order chi connectivity index (χ1) is 24.0. The molecule has 0 heteroatoms. The molecule has 8 bridgehead atoms. The highest BCUT2D eigenvalue weighted by Gasteiger charge is 2.57. The third-order valence-electron chi connectivity index (χ3n) is 17.9. The van der Waals surface area contributed by atoms with Gasteiger partial charge in [0, 0.05) is 11.3 Å². The van der Waals surface area contributed by atoms with E-state index in [-0.39, 0.29) is 10.8 Å². The van der Waals surface area contributed by atoms with Gasteiger partial charge < -0.3 is 0 Å². The molecular weight excluding hydrogens is 601 g/mol. The first-order valence-electron chi connectivity index (χ1n) is 21.7. The minimum absolute atomic E-state index is 0.182. The largest absolute Gasteiger partial charge is 0.0645 e. The fourth-order valence-corrected chi connectivity index (χ4v) is 16.4. The van der Waals surface area contributed by atoms with Crippen LogP contribution in [0.25, 0.3) is 11.1 Å². The summed E-state index contributed by atoms with van der Waals surface area (Å²) >= 11 is 0. The molecule has 0 nitrogen and oxygen atoms in total. The standard InChI is InChI=1S/C50H64/c1-7-50(28-44(29(2)3)43-20-38(21-45(43)50)47(4,5)6)46-39-10-8-36(48-22-30-12-31(23-48)14-32(13-30)24-48)18-41(39)42-19-37(9-11-40(42)46)49-25-33-15-34(26-49)17-35(16-33)27-49/h8-11,18-19,21,29-35,44,46H,7,12-17,20,22-28H2,1-6H3. The Morgan fingerprint density at radius 1 is 0.640 bits per heavy atom. The fourth-order valence-electron chi connectivity index (χ4n) is 16.4. The number of benzene rings is 2. The fraction of sp³-hybridized carbons (Fsp3) is 0.680. The molecule has 264 valence electrons. The van der Waals surface area contributed by atoms with Crippen LogP contribution in [0.2, 0.25) is 0 Å². The van der Waals surface area contributed by atoms with Crippen LogP contribution in [-0.2, 0) is 10.8 Å². The molecule has 2 atom stereocenters. The lowest BCUT2D eigenvalue weighted by Crippen LogP contribution is -2.48. The van der Waals surface area contributed by atoms with E-state index in [1.807, 2.05) is 5.57 Å². The Kier molecular flexibility index (Phi) is 6.49. The predicted molar refractivity (Wildman–Crippen MR) is 208 cm³/mol. The van der Waals surface area contributed by atoms with E-state index < -0.39 is 0 Å². The van der Waals surface area contributed by atoms with Crippen LogP contribution in [0.4, 0.5) is 0 Å². The topological polar surface area (TPSA) is 0 Å². The highest BCUT2D eigenvalue weighted by atomic mass is 14.6. The van der Waals surface area contributed by atoms with Crippen LogP contribution in [0, 0.1) is 58.2 Å². The van der Waals surface area contributed by atoms with Gasteiger partial charge in [-0.25, -0.2) is 0 Å². The molecule has 0 spiro atoms. The van der Waals surface area contributed by atoms with E-state index in [0.29, 0.717) is 28.6 Å². The van der Waals surface area contributed by atoms with Crippen molar-refractivity contribution < 1.29 is 0 Å². The molecule has 11 aliphatic carbocycles. The molecule has 0 N–H and O–H groups in total. The second-order valence-corrected chi connectivity index (χ2v) is 22.0. The van der Waals surface area contributed by atoms with Crippen LogP contribution < -0.4 is 0 Å². The second-order valence-electron chi connectivity index (χ2n) is 22.0. The van der Waals surface area contributed by atoms with Gasteiger partial charge >= 0.3 is 0 Å². The Bertz CT molecular complexity index is 1670. The molecule has 0 radical (unpaired) electrons. The highest BCUT2D eigenvalue weighted by Crippen LogP contribution is 2.69. The molecule has 0 saturated heterocycles. The summed E-state index contributed by atoms with van der Waals surface area (Å²) in [5.41, 5.74) is 16.7. The summed E-state index contributed by atoms with van der Waals surface area (Å²) in [5.74, 6) is 7.80. The van der Waals surface area contributed by atoms with Gasteiger partial charge in [-0.15, -0.1) is 0 Å². The predicted octanol–water partition coefficient (Wildman–Crippen LogP) is 13.5. The van der Waals surface area contributed by atoms with Crippen molar-refractivity contribution in [2.75, 3.05) is 0 Å².